The average molecular weight is 279 g/mol. The average Bonchev–Trinajstić information content (AvgIpc) is 2.76. The molecule has 0 spiro atoms. The van der Waals surface area contributed by atoms with Crippen LogP contribution in [-0.4, -0.2) is 46.0 Å². The molecular formula is C11H21NO5S. The highest BCUT2D eigenvalue weighted by Crippen LogP contribution is 2.14. The van der Waals surface area contributed by atoms with Crippen LogP contribution in [0.3, 0.4) is 0 Å². The summed E-state index contributed by atoms with van der Waals surface area (Å²) in [5.41, 5.74) is 0. The van der Waals surface area contributed by atoms with Gasteiger partial charge in [0.2, 0.25) is 10.0 Å². The lowest BCUT2D eigenvalue weighted by Gasteiger charge is -2.20. The van der Waals surface area contributed by atoms with Gasteiger partial charge in [-0.25, -0.2) is 13.1 Å². The molecule has 1 aliphatic rings. The van der Waals surface area contributed by atoms with Gasteiger partial charge in [0.15, 0.2) is 0 Å². The summed E-state index contributed by atoms with van der Waals surface area (Å²) in [5.74, 6) is -0.842. The lowest BCUT2D eigenvalue weighted by Crippen LogP contribution is -2.47. The van der Waals surface area contributed by atoms with E-state index in [2.05, 4.69) is 9.46 Å². The molecule has 0 radical (unpaired) electrons. The van der Waals surface area contributed by atoms with Crippen LogP contribution in [0.15, 0.2) is 0 Å². The molecule has 1 aliphatic heterocycles. The number of methoxy groups -OCH3 is 1. The van der Waals surface area contributed by atoms with E-state index in [9.17, 15) is 13.2 Å². The first-order valence-electron chi connectivity index (χ1n) is 6.05. The highest BCUT2D eigenvalue weighted by Gasteiger charge is 2.30. The molecule has 1 N–H and O–H groups in total. The number of carbonyl (C=O) groups excluding carboxylic acids is 1. The van der Waals surface area contributed by atoms with E-state index in [1.54, 1.807) is 13.8 Å². The molecule has 0 aromatic rings. The van der Waals surface area contributed by atoms with Crippen LogP contribution in [0.5, 0.6) is 0 Å². The van der Waals surface area contributed by atoms with E-state index in [0.717, 1.165) is 12.8 Å². The predicted octanol–water partition coefficient (Wildman–Crippen LogP) is 0.282. The third-order valence-electron chi connectivity index (χ3n) is 2.86. The van der Waals surface area contributed by atoms with Crippen LogP contribution in [0.2, 0.25) is 0 Å². The first-order valence-corrected chi connectivity index (χ1v) is 7.70. The first kappa shape index (κ1) is 15.4. The number of hydrogen-bond acceptors (Lipinski definition) is 5. The van der Waals surface area contributed by atoms with Crippen molar-refractivity contribution in [3.05, 3.63) is 0 Å². The van der Waals surface area contributed by atoms with Crippen LogP contribution in [0, 0.1) is 5.92 Å². The van der Waals surface area contributed by atoms with E-state index in [-0.39, 0.29) is 17.8 Å². The standard InChI is InChI=1S/C11H21NO5S/c1-8(2)10(11(13)16-3)12-18(14,15)7-9-5-4-6-17-9/h8-10,12H,4-7H2,1-3H3. The molecule has 0 aromatic carbocycles. The van der Waals surface area contributed by atoms with Gasteiger partial charge in [-0.3, -0.25) is 4.79 Å². The monoisotopic (exact) mass is 279 g/mol. The van der Waals surface area contributed by atoms with Gasteiger partial charge in [0.1, 0.15) is 6.04 Å². The molecular weight excluding hydrogens is 258 g/mol. The molecule has 0 aromatic heterocycles. The van der Waals surface area contributed by atoms with E-state index >= 15 is 0 Å². The van der Waals surface area contributed by atoms with Crippen LogP contribution in [0.25, 0.3) is 0 Å². The zero-order chi connectivity index (χ0) is 13.8. The molecule has 2 unspecified atom stereocenters. The van der Waals surface area contributed by atoms with Gasteiger partial charge < -0.3 is 9.47 Å². The smallest absolute Gasteiger partial charge is 0.324 e. The van der Waals surface area contributed by atoms with Gasteiger partial charge >= 0.3 is 5.97 Å². The van der Waals surface area contributed by atoms with Gasteiger partial charge in [0.05, 0.1) is 19.0 Å². The van der Waals surface area contributed by atoms with Crippen molar-refractivity contribution in [1.82, 2.24) is 4.72 Å². The Morgan fingerprint density at radius 2 is 2.17 bits per heavy atom. The minimum Gasteiger partial charge on any atom is -0.468 e. The van der Waals surface area contributed by atoms with Crippen molar-refractivity contribution in [1.29, 1.82) is 0 Å². The summed E-state index contributed by atoms with van der Waals surface area (Å²) in [6.07, 6.45) is 1.35. The van der Waals surface area contributed by atoms with Crippen molar-refractivity contribution < 1.29 is 22.7 Å². The summed E-state index contributed by atoms with van der Waals surface area (Å²) < 4.78 is 36.1. The second-order valence-electron chi connectivity index (χ2n) is 4.78. The third-order valence-corrected chi connectivity index (χ3v) is 4.28. The van der Waals surface area contributed by atoms with E-state index in [4.69, 9.17) is 4.74 Å². The molecule has 106 valence electrons. The summed E-state index contributed by atoms with van der Waals surface area (Å²) in [5, 5.41) is 0. The Hall–Kier alpha value is -0.660. The Morgan fingerprint density at radius 3 is 2.61 bits per heavy atom. The molecule has 2 atom stereocenters. The van der Waals surface area contributed by atoms with Crippen molar-refractivity contribution in [2.75, 3.05) is 19.5 Å². The summed E-state index contributed by atoms with van der Waals surface area (Å²) in [4.78, 5) is 11.5. The molecule has 1 rings (SSSR count). The molecule has 0 saturated carbocycles. The van der Waals surface area contributed by atoms with E-state index in [1.165, 1.54) is 7.11 Å². The molecule has 0 aliphatic carbocycles. The van der Waals surface area contributed by atoms with Crippen molar-refractivity contribution in [3.63, 3.8) is 0 Å². The second kappa shape index (κ2) is 6.49. The summed E-state index contributed by atoms with van der Waals surface area (Å²) >= 11 is 0. The van der Waals surface area contributed by atoms with Gasteiger partial charge in [-0.15, -0.1) is 0 Å². The lowest BCUT2D eigenvalue weighted by molar-refractivity contribution is -0.143. The predicted molar refractivity (Wildman–Crippen MR) is 66.5 cm³/mol. The van der Waals surface area contributed by atoms with E-state index in [1.807, 2.05) is 0 Å². The van der Waals surface area contributed by atoms with Crippen molar-refractivity contribution in [2.24, 2.45) is 5.92 Å². The Bertz CT molecular complexity index is 373. The topological polar surface area (TPSA) is 81.7 Å². The molecule has 18 heavy (non-hydrogen) atoms. The minimum absolute atomic E-state index is 0.104. The Morgan fingerprint density at radius 1 is 1.50 bits per heavy atom. The largest absolute Gasteiger partial charge is 0.468 e. The second-order valence-corrected chi connectivity index (χ2v) is 6.58. The van der Waals surface area contributed by atoms with Gasteiger partial charge in [-0.05, 0) is 18.8 Å². The molecule has 0 amide bonds. The highest BCUT2D eigenvalue weighted by molar-refractivity contribution is 7.89. The van der Waals surface area contributed by atoms with Gasteiger partial charge in [0.25, 0.3) is 0 Å². The molecule has 7 heteroatoms. The fourth-order valence-electron chi connectivity index (χ4n) is 1.85. The lowest BCUT2D eigenvalue weighted by atomic mass is 10.1. The Kier molecular flexibility index (Phi) is 5.55. The van der Waals surface area contributed by atoms with Crippen molar-refractivity contribution in [2.45, 2.75) is 38.8 Å². The fraction of sp³-hybridized carbons (Fsp3) is 0.909. The molecule has 1 fully saturated rings. The van der Waals surface area contributed by atoms with E-state index < -0.39 is 22.0 Å². The maximum absolute atomic E-state index is 11.9. The number of hydrogen-bond donors (Lipinski definition) is 1. The zero-order valence-electron chi connectivity index (χ0n) is 11.0. The number of carbonyl (C=O) groups is 1. The summed E-state index contributed by atoms with van der Waals surface area (Å²) in [6, 6.07) is -0.846. The Balaban J connectivity index is 2.63. The van der Waals surface area contributed by atoms with Crippen LogP contribution >= 0.6 is 0 Å². The third kappa shape index (κ3) is 4.55. The number of nitrogens with one attached hydrogen (secondary N) is 1. The first-order chi connectivity index (χ1) is 8.35. The van der Waals surface area contributed by atoms with Gasteiger partial charge in [-0.2, -0.15) is 0 Å². The molecule has 6 nitrogen and oxygen atoms in total. The van der Waals surface area contributed by atoms with Crippen LogP contribution in [0.4, 0.5) is 0 Å². The summed E-state index contributed by atoms with van der Waals surface area (Å²) in [6.45, 7) is 4.12. The number of ether oxygens (including phenoxy) is 2. The van der Waals surface area contributed by atoms with Crippen molar-refractivity contribution in [3.8, 4) is 0 Å². The van der Waals surface area contributed by atoms with Crippen LogP contribution in [0.1, 0.15) is 26.7 Å². The maximum Gasteiger partial charge on any atom is 0.324 e. The van der Waals surface area contributed by atoms with Crippen LogP contribution in [-0.2, 0) is 24.3 Å². The summed E-state index contributed by atoms with van der Waals surface area (Å²) in [7, 11) is -2.30. The number of sulfonamides is 1. The normalized spacial score (nSPS) is 22.1. The van der Waals surface area contributed by atoms with Gasteiger partial charge in [-0.1, -0.05) is 13.8 Å². The molecule has 1 heterocycles. The minimum atomic E-state index is -3.54. The maximum atomic E-state index is 11.9. The van der Waals surface area contributed by atoms with E-state index in [0.29, 0.717) is 6.61 Å². The fourth-order valence-corrected chi connectivity index (χ4v) is 3.45. The quantitative estimate of drug-likeness (QED) is 0.706. The van der Waals surface area contributed by atoms with Crippen molar-refractivity contribution >= 4 is 16.0 Å². The molecule has 0 bridgehead atoms. The van der Waals surface area contributed by atoms with Gasteiger partial charge in [0, 0.05) is 6.61 Å². The highest BCUT2D eigenvalue weighted by atomic mass is 32.2. The Labute approximate surface area is 108 Å². The number of rotatable bonds is 6. The zero-order valence-corrected chi connectivity index (χ0v) is 11.8. The SMILES string of the molecule is COC(=O)C(NS(=O)(=O)CC1CCCO1)C(C)C. The number of esters is 1. The van der Waals surface area contributed by atoms with Crippen LogP contribution < -0.4 is 4.72 Å². The molecule has 1 saturated heterocycles.